The molecule has 6 atom stereocenters. The molecule has 0 aromatic heterocycles. The molecule has 3 aliphatic carbocycles. The third kappa shape index (κ3) is 13.0. The van der Waals surface area contributed by atoms with Crippen LogP contribution in [0.1, 0.15) is 68.2 Å². The van der Waals surface area contributed by atoms with Gasteiger partial charge in [-0.15, -0.1) is 0 Å². The minimum atomic E-state index is -0.800. The molecule has 0 saturated heterocycles. The monoisotopic (exact) mass is 1040 g/mol. The molecule has 12 nitrogen and oxygen atoms in total. The quantitative estimate of drug-likeness (QED) is 0.0693. The van der Waals surface area contributed by atoms with Crippen LogP contribution in [0.2, 0.25) is 15.1 Å². The minimum Gasteiger partial charge on any atom is -0.390 e. The summed E-state index contributed by atoms with van der Waals surface area (Å²) in [7, 11) is 0. The number of ketones is 3. The summed E-state index contributed by atoms with van der Waals surface area (Å²) in [4.78, 5) is 72.6. The molecule has 0 aliphatic heterocycles. The number of halogens is 6. The van der Waals surface area contributed by atoms with Gasteiger partial charge >= 0.3 is 0 Å². The van der Waals surface area contributed by atoms with Gasteiger partial charge in [-0.25, -0.2) is 13.2 Å². The number of fused-ring (bicyclic) bond motifs is 3. The number of aliphatic hydroxyl groups excluding tert-OH is 3. The summed E-state index contributed by atoms with van der Waals surface area (Å²) in [5.74, 6) is -6.41. The molecule has 6 aromatic rings. The first-order chi connectivity index (χ1) is 34.4. The molecule has 18 heteroatoms. The van der Waals surface area contributed by atoms with E-state index in [1.807, 2.05) is 72.8 Å². The fourth-order valence-corrected chi connectivity index (χ4v) is 9.01. The molecule has 3 aliphatic rings. The summed E-state index contributed by atoms with van der Waals surface area (Å²) < 4.78 is 40.2. The highest BCUT2D eigenvalue weighted by Gasteiger charge is 2.36. The van der Waals surface area contributed by atoms with Crippen molar-refractivity contribution >= 4 is 69.9 Å². The first-order valence-electron chi connectivity index (χ1n) is 22.5. The Hall–Kier alpha value is -6.72. The highest BCUT2D eigenvalue weighted by molar-refractivity contribution is 6.38. The van der Waals surface area contributed by atoms with Gasteiger partial charge in [0.1, 0.15) is 17.5 Å². The molecular formula is C54H45Cl3F3N3O9. The smallest absolute Gasteiger partial charge is 0.288 e. The molecule has 3 unspecified atom stereocenters. The lowest BCUT2D eigenvalue weighted by Crippen LogP contribution is -2.38. The summed E-state index contributed by atoms with van der Waals surface area (Å²) in [6.45, 7) is 0. The maximum Gasteiger partial charge on any atom is 0.288 e. The van der Waals surface area contributed by atoms with E-state index in [4.69, 9.17) is 34.8 Å². The third-order valence-corrected chi connectivity index (χ3v) is 13.2. The number of rotatable bonds is 12. The number of nitrogens with one attached hydrogen (secondary N) is 3. The zero-order chi connectivity index (χ0) is 51.8. The van der Waals surface area contributed by atoms with Gasteiger partial charge in [-0.2, -0.15) is 0 Å². The van der Waals surface area contributed by atoms with Crippen molar-refractivity contribution < 1.29 is 57.3 Å². The Balaban J connectivity index is 0.000000158. The molecule has 9 rings (SSSR count). The summed E-state index contributed by atoms with van der Waals surface area (Å²) in [6.07, 6.45) is -1.72. The maximum absolute atomic E-state index is 13.4. The summed E-state index contributed by atoms with van der Waals surface area (Å²) in [5.41, 5.74) is 6.36. The van der Waals surface area contributed by atoms with E-state index in [0.29, 0.717) is 36.0 Å². The number of aliphatic hydroxyl groups is 3. The highest BCUT2D eigenvalue weighted by Crippen LogP contribution is 2.33. The van der Waals surface area contributed by atoms with E-state index in [1.54, 1.807) is 0 Å². The number of hydrogen-bond donors (Lipinski definition) is 6. The number of amides is 3. The number of carbonyl (C=O) groups is 6. The second-order valence-electron chi connectivity index (χ2n) is 17.3. The average Bonchev–Trinajstić information content (AvgIpc) is 3.97. The van der Waals surface area contributed by atoms with E-state index >= 15 is 0 Å². The van der Waals surface area contributed by atoms with Gasteiger partial charge in [0, 0.05) is 38.5 Å². The van der Waals surface area contributed by atoms with Crippen molar-refractivity contribution in [2.45, 2.75) is 75.0 Å². The zero-order valence-corrected chi connectivity index (χ0v) is 40.2. The molecule has 372 valence electrons. The summed E-state index contributed by atoms with van der Waals surface area (Å²) in [6, 6.07) is 32.2. The van der Waals surface area contributed by atoms with Gasteiger partial charge in [-0.05, 0) is 86.5 Å². The van der Waals surface area contributed by atoms with Crippen molar-refractivity contribution in [3.8, 4) is 0 Å². The Kier molecular flexibility index (Phi) is 17.5. The Morgan fingerprint density at radius 1 is 0.417 bits per heavy atom. The molecule has 0 bridgehead atoms. The molecule has 0 heterocycles. The number of carbonyl (C=O) groups excluding carboxylic acids is 6. The van der Waals surface area contributed by atoms with Gasteiger partial charge in [0.15, 0.2) is 0 Å². The Morgan fingerprint density at radius 3 is 0.917 bits per heavy atom. The predicted octanol–water partition coefficient (Wildman–Crippen LogP) is 7.10. The molecule has 6 aromatic carbocycles. The summed E-state index contributed by atoms with van der Waals surface area (Å²) in [5, 5.41) is 37.9. The van der Waals surface area contributed by atoms with Crippen molar-refractivity contribution in [2.24, 2.45) is 0 Å². The fourth-order valence-electron chi connectivity index (χ4n) is 8.65. The lowest BCUT2D eigenvalue weighted by molar-refractivity contribution is -0.138. The molecule has 0 radical (unpaired) electrons. The zero-order valence-electron chi connectivity index (χ0n) is 37.9. The lowest BCUT2D eigenvalue weighted by Gasteiger charge is -2.17. The number of hydrogen-bond acceptors (Lipinski definition) is 9. The maximum atomic E-state index is 13.4. The van der Waals surface area contributed by atoms with E-state index in [2.05, 4.69) is 16.0 Å². The topological polar surface area (TPSA) is 199 Å². The standard InChI is InChI=1S/3C18H15ClFNO3/c3*19-13-6-5-10(7-14(13)20)8-16(23)18(24)21-17-12-4-2-1-3-11(12)9-15(17)22/h3*1-7,15,17,22H,8-9H2,(H,21,24)/t3*15-,17?/m110/s1. The van der Waals surface area contributed by atoms with Crippen LogP contribution in [-0.2, 0) is 67.3 Å². The van der Waals surface area contributed by atoms with Gasteiger partial charge < -0.3 is 31.3 Å². The van der Waals surface area contributed by atoms with Crippen molar-refractivity contribution in [3.05, 3.63) is 210 Å². The van der Waals surface area contributed by atoms with Crippen LogP contribution in [0, 0.1) is 17.5 Å². The van der Waals surface area contributed by atoms with Crippen LogP contribution in [0.25, 0.3) is 0 Å². The average molecular weight is 1040 g/mol. The van der Waals surface area contributed by atoms with E-state index < -0.39 is 89.0 Å². The van der Waals surface area contributed by atoms with Crippen molar-refractivity contribution in [2.75, 3.05) is 0 Å². The SMILES string of the molecule is O=C(Cc1ccc(Cl)c(F)c1)C(=O)NC1c2ccccc2C[C@@H]1O.O=C(Cc1ccc(Cl)c(F)c1)C(=O)NC1c2ccccc2C[C@H]1O.O=C(Cc1ccc(Cl)c(F)c1)C(=O)NC1c2ccccc2C[C@H]1O. The van der Waals surface area contributed by atoms with E-state index in [0.717, 1.165) is 51.6 Å². The van der Waals surface area contributed by atoms with Gasteiger partial charge in [-0.1, -0.05) is 126 Å². The van der Waals surface area contributed by atoms with Gasteiger partial charge in [0.05, 0.1) is 51.5 Å². The van der Waals surface area contributed by atoms with Crippen molar-refractivity contribution in [1.82, 2.24) is 16.0 Å². The van der Waals surface area contributed by atoms with Crippen LogP contribution >= 0.6 is 34.8 Å². The Labute approximate surface area is 426 Å². The lowest BCUT2D eigenvalue weighted by atomic mass is 10.1. The second kappa shape index (κ2) is 23.7. The van der Waals surface area contributed by atoms with E-state index in [-0.39, 0.29) is 34.3 Å². The number of benzene rings is 6. The Morgan fingerprint density at radius 2 is 0.667 bits per heavy atom. The second-order valence-corrected chi connectivity index (χ2v) is 18.5. The first-order valence-corrected chi connectivity index (χ1v) is 23.6. The molecule has 3 amide bonds. The fraction of sp³-hybridized carbons (Fsp3) is 0.222. The number of Topliss-reactive ketones (excluding diaryl/α,β-unsaturated/α-hetero) is 3. The third-order valence-electron chi connectivity index (χ3n) is 12.3. The van der Waals surface area contributed by atoms with E-state index in [9.17, 15) is 57.3 Å². The van der Waals surface area contributed by atoms with Crippen molar-refractivity contribution in [1.29, 1.82) is 0 Å². The first kappa shape index (κ1) is 53.1. The van der Waals surface area contributed by atoms with Crippen LogP contribution in [-0.4, -0.2) is 68.7 Å². The Bertz CT molecular complexity index is 2750. The van der Waals surface area contributed by atoms with Crippen LogP contribution in [0.15, 0.2) is 127 Å². The van der Waals surface area contributed by atoms with Gasteiger partial charge in [0.2, 0.25) is 17.3 Å². The molecule has 72 heavy (non-hydrogen) atoms. The minimum absolute atomic E-state index is 0.0404. The van der Waals surface area contributed by atoms with Gasteiger partial charge in [0.25, 0.3) is 17.7 Å². The van der Waals surface area contributed by atoms with Crippen LogP contribution in [0.4, 0.5) is 13.2 Å². The van der Waals surface area contributed by atoms with Crippen LogP contribution in [0.5, 0.6) is 0 Å². The molecular weight excluding hydrogens is 998 g/mol. The van der Waals surface area contributed by atoms with Crippen LogP contribution < -0.4 is 16.0 Å². The van der Waals surface area contributed by atoms with Crippen LogP contribution in [0.3, 0.4) is 0 Å². The highest BCUT2D eigenvalue weighted by atomic mass is 35.5. The molecule has 0 saturated carbocycles. The molecule has 0 spiro atoms. The normalized spacial score (nSPS) is 19.0. The largest absolute Gasteiger partial charge is 0.390 e. The summed E-state index contributed by atoms with van der Waals surface area (Å²) >= 11 is 16.8. The van der Waals surface area contributed by atoms with E-state index in [1.165, 1.54) is 36.4 Å². The molecule has 0 fully saturated rings. The van der Waals surface area contributed by atoms with Gasteiger partial charge in [-0.3, -0.25) is 28.8 Å². The van der Waals surface area contributed by atoms with Crippen molar-refractivity contribution in [3.63, 3.8) is 0 Å². The predicted molar refractivity (Wildman–Crippen MR) is 261 cm³/mol. The molecule has 6 N–H and O–H groups in total.